The molecule has 0 spiro atoms. The number of nitrogens with one attached hydrogen (secondary N) is 1. The van der Waals surface area contributed by atoms with Crippen LogP contribution in [0.3, 0.4) is 0 Å². The lowest BCUT2D eigenvalue weighted by molar-refractivity contribution is -0.117. The van der Waals surface area contributed by atoms with E-state index in [9.17, 15) is 4.79 Å². The number of pyridine rings is 1. The molecule has 1 aromatic rings. The number of carbonyl (C=O) groups excluding carboxylic acids is 1. The molecular formula is C11H17N3O. The molecule has 3 N–H and O–H groups in total. The van der Waals surface area contributed by atoms with E-state index >= 15 is 0 Å². The van der Waals surface area contributed by atoms with Gasteiger partial charge in [0.05, 0.1) is 6.04 Å². The van der Waals surface area contributed by atoms with E-state index in [1.54, 1.807) is 12.3 Å². The quantitative estimate of drug-likeness (QED) is 0.785. The van der Waals surface area contributed by atoms with Crippen LogP contribution in [0.5, 0.6) is 0 Å². The molecule has 15 heavy (non-hydrogen) atoms. The average molecular weight is 207 g/mol. The number of nitrogens with two attached hydrogens (primary N) is 1. The highest BCUT2D eigenvalue weighted by atomic mass is 16.2. The number of anilines is 1. The van der Waals surface area contributed by atoms with Gasteiger partial charge in [0, 0.05) is 6.20 Å². The number of nitrogens with zero attached hydrogens (tertiary/aromatic N) is 1. The number of hydrogen-bond donors (Lipinski definition) is 2. The second kappa shape index (κ2) is 5.46. The van der Waals surface area contributed by atoms with Crippen molar-refractivity contribution in [2.75, 3.05) is 5.32 Å². The second-order valence-electron chi connectivity index (χ2n) is 3.61. The van der Waals surface area contributed by atoms with Gasteiger partial charge in [0.1, 0.15) is 5.82 Å². The van der Waals surface area contributed by atoms with Gasteiger partial charge >= 0.3 is 0 Å². The molecule has 0 aliphatic heterocycles. The summed E-state index contributed by atoms with van der Waals surface area (Å²) in [4.78, 5) is 15.6. The van der Waals surface area contributed by atoms with Gasteiger partial charge in [-0.1, -0.05) is 19.4 Å². The molecule has 4 heteroatoms. The zero-order valence-corrected chi connectivity index (χ0v) is 9.16. The van der Waals surface area contributed by atoms with E-state index in [4.69, 9.17) is 5.73 Å². The normalized spacial score (nSPS) is 12.2. The van der Waals surface area contributed by atoms with Crippen LogP contribution >= 0.6 is 0 Å². The van der Waals surface area contributed by atoms with E-state index in [2.05, 4.69) is 10.3 Å². The number of carbonyl (C=O) groups is 1. The predicted molar refractivity (Wildman–Crippen MR) is 60.5 cm³/mol. The van der Waals surface area contributed by atoms with Gasteiger partial charge in [0.15, 0.2) is 0 Å². The first-order valence-corrected chi connectivity index (χ1v) is 5.12. The average Bonchev–Trinajstić information content (AvgIpc) is 2.22. The van der Waals surface area contributed by atoms with Crippen LogP contribution in [0.15, 0.2) is 18.3 Å². The van der Waals surface area contributed by atoms with E-state index < -0.39 is 6.04 Å². The largest absolute Gasteiger partial charge is 0.320 e. The molecule has 0 aliphatic carbocycles. The van der Waals surface area contributed by atoms with Crippen molar-refractivity contribution in [1.29, 1.82) is 0 Å². The second-order valence-corrected chi connectivity index (χ2v) is 3.61. The molecule has 0 bridgehead atoms. The predicted octanol–water partition coefficient (Wildman–Crippen LogP) is 1.46. The third-order valence-electron chi connectivity index (χ3n) is 2.10. The van der Waals surface area contributed by atoms with Crippen LogP contribution in [0.1, 0.15) is 25.3 Å². The van der Waals surface area contributed by atoms with Gasteiger partial charge in [-0.05, 0) is 25.0 Å². The number of hydrogen-bond acceptors (Lipinski definition) is 3. The minimum Gasteiger partial charge on any atom is -0.320 e. The molecule has 1 unspecified atom stereocenters. The van der Waals surface area contributed by atoms with Gasteiger partial charge in [0.2, 0.25) is 5.91 Å². The minimum absolute atomic E-state index is 0.173. The first-order valence-electron chi connectivity index (χ1n) is 5.12. The van der Waals surface area contributed by atoms with Crippen LogP contribution in [0.25, 0.3) is 0 Å². The summed E-state index contributed by atoms with van der Waals surface area (Å²) in [5.41, 5.74) is 6.73. The van der Waals surface area contributed by atoms with Crippen LogP contribution < -0.4 is 11.1 Å². The molecule has 1 atom stereocenters. The molecule has 0 aromatic carbocycles. The Labute approximate surface area is 89.9 Å². The molecule has 0 aliphatic rings. The Morgan fingerprint density at radius 2 is 2.33 bits per heavy atom. The lowest BCUT2D eigenvalue weighted by atomic mass is 10.2. The Balaban J connectivity index is 2.54. The lowest BCUT2D eigenvalue weighted by Gasteiger charge is -2.10. The topological polar surface area (TPSA) is 68.0 Å². The maximum absolute atomic E-state index is 11.5. The molecule has 0 saturated heterocycles. The van der Waals surface area contributed by atoms with Crippen LogP contribution in [-0.4, -0.2) is 16.9 Å². The Hall–Kier alpha value is -1.42. The van der Waals surface area contributed by atoms with Gasteiger partial charge in [-0.15, -0.1) is 0 Å². The number of aromatic nitrogens is 1. The Bertz CT molecular complexity index is 321. The maximum Gasteiger partial charge on any atom is 0.242 e. The molecule has 1 heterocycles. The van der Waals surface area contributed by atoms with E-state index in [1.165, 1.54) is 0 Å². The van der Waals surface area contributed by atoms with Crippen LogP contribution in [-0.2, 0) is 4.79 Å². The highest BCUT2D eigenvalue weighted by molar-refractivity contribution is 5.93. The first-order chi connectivity index (χ1) is 7.13. The molecule has 4 nitrogen and oxygen atoms in total. The fourth-order valence-corrected chi connectivity index (χ4v) is 1.20. The van der Waals surface area contributed by atoms with E-state index in [0.29, 0.717) is 12.2 Å². The third-order valence-corrected chi connectivity index (χ3v) is 2.10. The molecule has 0 saturated carbocycles. The molecule has 0 fully saturated rings. The zero-order valence-electron chi connectivity index (χ0n) is 9.16. The Kier molecular flexibility index (Phi) is 4.24. The lowest BCUT2D eigenvalue weighted by Crippen LogP contribution is -2.35. The monoisotopic (exact) mass is 207 g/mol. The van der Waals surface area contributed by atoms with Crippen molar-refractivity contribution in [1.82, 2.24) is 4.98 Å². The minimum atomic E-state index is -0.446. The summed E-state index contributed by atoms with van der Waals surface area (Å²) in [5.74, 6) is 0.380. The first kappa shape index (κ1) is 11.7. The number of aryl methyl sites for hydroxylation is 1. The number of amides is 1. The zero-order chi connectivity index (χ0) is 11.3. The summed E-state index contributed by atoms with van der Waals surface area (Å²) in [6, 6.07) is 3.22. The SMILES string of the molecule is CCCC(N)C(=O)Nc1ccc(C)cn1. The van der Waals surface area contributed by atoms with Crippen LogP contribution in [0.2, 0.25) is 0 Å². The summed E-state index contributed by atoms with van der Waals surface area (Å²) < 4.78 is 0. The molecular weight excluding hydrogens is 190 g/mol. The van der Waals surface area contributed by atoms with Crippen molar-refractivity contribution < 1.29 is 4.79 Å². The van der Waals surface area contributed by atoms with Gasteiger partial charge in [-0.2, -0.15) is 0 Å². The molecule has 0 radical (unpaired) electrons. The highest BCUT2D eigenvalue weighted by Gasteiger charge is 2.12. The molecule has 1 amide bonds. The Morgan fingerprint density at radius 1 is 1.60 bits per heavy atom. The standard InChI is InChI=1S/C11H17N3O/c1-3-4-9(12)11(15)14-10-6-5-8(2)7-13-10/h5-7,9H,3-4,12H2,1-2H3,(H,13,14,15). The van der Waals surface area contributed by atoms with E-state index in [0.717, 1.165) is 12.0 Å². The fraction of sp³-hybridized carbons (Fsp3) is 0.455. The van der Waals surface area contributed by atoms with E-state index in [-0.39, 0.29) is 5.91 Å². The summed E-state index contributed by atoms with van der Waals surface area (Å²) in [5, 5.41) is 2.68. The van der Waals surface area contributed by atoms with Crippen molar-refractivity contribution in [3.8, 4) is 0 Å². The van der Waals surface area contributed by atoms with Crippen molar-refractivity contribution in [2.45, 2.75) is 32.7 Å². The molecule has 82 valence electrons. The number of rotatable bonds is 4. The summed E-state index contributed by atoms with van der Waals surface area (Å²) in [6.07, 6.45) is 3.30. The molecule has 1 rings (SSSR count). The van der Waals surface area contributed by atoms with Crippen molar-refractivity contribution >= 4 is 11.7 Å². The highest BCUT2D eigenvalue weighted by Crippen LogP contribution is 2.05. The summed E-state index contributed by atoms with van der Waals surface area (Å²) in [6.45, 7) is 3.94. The van der Waals surface area contributed by atoms with Gasteiger partial charge in [-0.3, -0.25) is 4.79 Å². The Morgan fingerprint density at radius 3 is 2.87 bits per heavy atom. The fourth-order valence-electron chi connectivity index (χ4n) is 1.20. The molecule has 1 aromatic heterocycles. The third kappa shape index (κ3) is 3.67. The van der Waals surface area contributed by atoms with Crippen molar-refractivity contribution in [3.05, 3.63) is 23.9 Å². The van der Waals surface area contributed by atoms with Crippen LogP contribution in [0.4, 0.5) is 5.82 Å². The van der Waals surface area contributed by atoms with E-state index in [1.807, 2.05) is 19.9 Å². The van der Waals surface area contributed by atoms with Gasteiger partial charge in [-0.25, -0.2) is 4.98 Å². The maximum atomic E-state index is 11.5. The smallest absolute Gasteiger partial charge is 0.242 e. The summed E-state index contributed by atoms with van der Waals surface area (Å²) >= 11 is 0. The van der Waals surface area contributed by atoms with Gasteiger partial charge in [0.25, 0.3) is 0 Å². The summed E-state index contributed by atoms with van der Waals surface area (Å²) in [7, 11) is 0. The van der Waals surface area contributed by atoms with Gasteiger partial charge < -0.3 is 11.1 Å². The van der Waals surface area contributed by atoms with Crippen LogP contribution in [0, 0.1) is 6.92 Å². The van der Waals surface area contributed by atoms with Crippen molar-refractivity contribution in [2.24, 2.45) is 5.73 Å². The van der Waals surface area contributed by atoms with Crippen molar-refractivity contribution in [3.63, 3.8) is 0 Å².